The van der Waals surface area contributed by atoms with Crippen LogP contribution in [0.3, 0.4) is 0 Å². The van der Waals surface area contributed by atoms with Crippen LogP contribution in [0.2, 0.25) is 0 Å². The van der Waals surface area contributed by atoms with Crippen molar-refractivity contribution in [3.63, 3.8) is 0 Å². The van der Waals surface area contributed by atoms with E-state index in [1.807, 2.05) is 6.07 Å². The van der Waals surface area contributed by atoms with Gasteiger partial charge in [0.1, 0.15) is 12.6 Å². The van der Waals surface area contributed by atoms with E-state index in [9.17, 15) is 18.0 Å². The van der Waals surface area contributed by atoms with Gasteiger partial charge < -0.3 is 10.1 Å². The molecule has 0 saturated heterocycles. The van der Waals surface area contributed by atoms with Gasteiger partial charge in [0.25, 0.3) is 5.91 Å². The predicted octanol–water partition coefficient (Wildman–Crippen LogP) is 1.86. The van der Waals surface area contributed by atoms with E-state index >= 15 is 0 Å². The third-order valence-corrected chi connectivity index (χ3v) is 6.22. The number of aromatic nitrogens is 1. The zero-order chi connectivity index (χ0) is 21.4. The highest BCUT2D eigenvalue weighted by Gasteiger charge is 2.34. The summed E-state index contributed by atoms with van der Waals surface area (Å²) in [5, 5.41) is 2.63. The molecule has 0 bridgehead atoms. The van der Waals surface area contributed by atoms with E-state index in [0.717, 1.165) is 4.31 Å². The minimum atomic E-state index is -3.74. The molecular weight excluding hydrogens is 406 g/mol. The van der Waals surface area contributed by atoms with E-state index in [0.29, 0.717) is 24.0 Å². The fraction of sp³-hybridized carbons (Fsp3) is 0.286. The van der Waals surface area contributed by atoms with Crippen LogP contribution in [0.1, 0.15) is 28.8 Å². The van der Waals surface area contributed by atoms with Crippen LogP contribution in [0.4, 0.5) is 0 Å². The normalized spacial score (nSPS) is 16.1. The van der Waals surface area contributed by atoms with Gasteiger partial charge in [-0.25, -0.2) is 13.2 Å². The molecule has 1 N–H and O–H groups in total. The van der Waals surface area contributed by atoms with Crippen LogP contribution < -0.4 is 5.32 Å². The summed E-state index contributed by atoms with van der Waals surface area (Å²) in [6.45, 7) is 0.0520. The van der Waals surface area contributed by atoms with Crippen LogP contribution in [0.25, 0.3) is 0 Å². The quantitative estimate of drug-likeness (QED) is 0.507. The summed E-state index contributed by atoms with van der Waals surface area (Å²) in [4.78, 5) is 28.4. The third kappa shape index (κ3) is 5.66. The lowest BCUT2D eigenvalue weighted by molar-refractivity contribution is -0.147. The van der Waals surface area contributed by atoms with Crippen molar-refractivity contribution in [2.75, 3.05) is 13.2 Å². The molecule has 0 saturated carbocycles. The van der Waals surface area contributed by atoms with E-state index in [4.69, 9.17) is 4.74 Å². The maximum absolute atomic E-state index is 12.9. The van der Waals surface area contributed by atoms with Crippen molar-refractivity contribution in [1.29, 1.82) is 0 Å². The summed E-state index contributed by atoms with van der Waals surface area (Å²) in [5.74, 6) is -1.17. The fourth-order valence-corrected chi connectivity index (χ4v) is 4.66. The number of nitrogens with one attached hydrogen (secondary N) is 1. The lowest BCUT2D eigenvalue weighted by Gasteiger charge is -2.30. The fourth-order valence-electron chi connectivity index (χ4n) is 3.04. The molecule has 1 aliphatic rings. The van der Waals surface area contributed by atoms with Crippen molar-refractivity contribution < 1.29 is 22.7 Å². The van der Waals surface area contributed by atoms with Gasteiger partial charge in [0.05, 0.1) is 17.9 Å². The summed E-state index contributed by atoms with van der Waals surface area (Å²) in [7, 11) is -3.74. The molecule has 0 aliphatic carbocycles. The maximum atomic E-state index is 12.9. The van der Waals surface area contributed by atoms with Gasteiger partial charge in [0, 0.05) is 18.6 Å². The number of carbonyl (C=O) groups excluding carboxylic acids is 2. The molecule has 3 rings (SSSR count). The van der Waals surface area contributed by atoms with Gasteiger partial charge in [0.15, 0.2) is 0 Å². The van der Waals surface area contributed by atoms with Gasteiger partial charge in [0.2, 0.25) is 10.0 Å². The van der Waals surface area contributed by atoms with Crippen molar-refractivity contribution >= 4 is 21.9 Å². The molecule has 1 aromatic heterocycles. The smallest absolute Gasteiger partial charge is 0.330 e. The third-order valence-electron chi connectivity index (χ3n) is 4.51. The van der Waals surface area contributed by atoms with Crippen LogP contribution in [0, 0.1) is 0 Å². The van der Waals surface area contributed by atoms with E-state index in [1.165, 1.54) is 12.4 Å². The Morgan fingerprint density at radius 3 is 2.70 bits per heavy atom. The highest BCUT2D eigenvalue weighted by atomic mass is 32.2. The molecule has 30 heavy (non-hydrogen) atoms. The Hall–Kier alpha value is -3.20. The number of hydrogen-bond donors (Lipinski definition) is 1. The number of benzene rings is 1. The van der Waals surface area contributed by atoms with Crippen LogP contribution in [-0.2, 0) is 25.3 Å². The number of ether oxygens (including phenoxy) is 1. The second kappa shape index (κ2) is 10.0. The van der Waals surface area contributed by atoms with Gasteiger partial charge in [-0.1, -0.05) is 36.4 Å². The highest BCUT2D eigenvalue weighted by Crippen LogP contribution is 2.22. The van der Waals surface area contributed by atoms with Crippen molar-refractivity contribution in [3.8, 4) is 0 Å². The Kier molecular flexibility index (Phi) is 7.18. The van der Waals surface area contributed by atoms with Crippen LogP contribution in [-0.4, -0.2) is 48.8 Å². The standard InChI is InChI=1S/C21H23N3O5S/c25-20(18-9-6-11-22-15-18)23-12-14-29-21(26)19-10-4-5-13-24(19)30(27,28)16-17-7-2-1-3-8-17/h1-3,5-9,11,13,15,19H,4,10,12,14,16H2,(H,23,25)/t19-/m0/s1. The molecule has 1 aromatic carbocycles. The zero-order valence-electron chi connectivity index (χ0n) is 16.3. The van der Waals surface area contributed by atoms with Gasteiger partial charge in [-0.3, -0.25) is 14.1 Å². The Morgan fingerprint density at radius 1 is 1.17 bits per heavy atom. The predicted molar refractivity (Wildman–Crippen MR) is 111 cm³/mol. The molecule has 0 spiro atoms. The summed E-state index contributed by atoms with van der Waals surface area (Å²) < 4.78 is 32.0. The van der Waals surface area contributed by atoms with Gasteiger partial charge >= 0.3 is 5.97 Å². The number of pyridine rings is 1. The number of rotatable bonds is 8. The van der Waals surface area contributed by atoms with Crippen molar-refractivity contribution in [2.45, 2.75) is 24.6 Å². The Balaban J connectivity index is 1.55. The largest absolute Gasteiger partial charge is 0.462 e. The van der Waals surface area contributed by atoms with Crippen molar-refractivity contribution in [3.05, 3.63) is 78.3 Å². The first-order chi connectivity index (χ1) is 14.5. The molecule has 0 unspecified atom stereocenters. The Bertz CT molecular complexity index is 994. The average molecular weight is 429 g/mol. The van der Waals surface area contributed by atoms with Crippen LogP contribution in [0.15, 0.2) is 67.1 Å². The van der Waals surface area contributed by atoms with E-state index in [1.54, 1.807) is 48.7 Å². The number of esters is 1. The molecule has 158 valence electrons. The summed E-state index contributed by atoms with van der Waals surface area (Å²) in [5.41, 5.74) is 1.04. The van der Waals surface area contributed by atoms with Crippen LogP contribution >= 0.6 is 0 Å². The Morgan fingerprint density at radius 2 is 1.97 bits per heavy atom. The summed E-state index contributed by atoms with van der Waals surface area (Å²) in [6, 6.07) is 11.1. The topological polar surface area (TPSA) is 106 Å². The molecule has 1 amide bonds. The number of allylic oxidation sites excluding steroid dienone is 1. The second-order valence-electron chi connectivity index (χ2n) is 6.71. The lowest BCUT2D eigenvalue weighted by Crippen LogP contribution is -2.44. The van der Waals surface area contributed by atoms with Crippen molar-refractivity contribution in [2.24, 2.45) is 0 Å². The Labute approximate surface area is 175 Å². The first-order valence-electron chi connectivity index (χ1n) is 9.54. The first-order valence-corrected chi connectivity index (χ1v) is 11.1. The lowest BCUT2D eigenvalue weighted by atomic mass is 10.1. The number of carbonyl (C=O) groups is 2. The minimum absolute atomic E-state index is 0.0579. The van der Waals surface area contributed by atoms with Gasteiger partial charge in [-0.05, 0) is 30.5 Å². The SMILES string of the molecule is O=C(NCCOC(=O)[C@@H]1CCC=CN1S(=O)(=O)Cc1ccccc1)c1cccnc1. The number of hydrogen-bond acceptors (Lipinski definition) is 6. The molecule has 2 aromatic rings. The maximum Gasteiger partial charge on any atom is 0.330 e. The highest BCUT2D eigenvalue weighted by molar-refractivity contribution is 7.88. The summed E-state index contributed by atoms with van der Waals surface area (Å²) in [6.07, 6.45) is 7.07. The molecule has 0 fully saturated rings. The number of nitrogens with zero attached hydrogens (tertiary/aromatic N) is 2. The van der Waals surface area contributed by atoms with Crippen molar-refractivity contribution in [1.82, 2.24) is 14.6 Å². The monoisotopic (exact) mass is 429 g/mol. The van der Waals surface area contributed by atoms with E-state index < -0.39 is 22.0 Å². The minimum Gasteiger partial charge on any atom is -0.462 e. The molecule has 9 heteroatoms. The molecule has 1 aliphatic heterocycles. The zero-order valence-corrected chi connectivity index (χ0v) is 17.1. The van der Waals surface area contributed by atoms with E-state index in [-0.39, 0.29) is 24.8 Å². The van der Waals surface area contributed by atoms with Crippen LogP contribution in [0.5, 0.6) is 0 Å². The molecule has 0 radical (unpaired) electrons. The average Bonchev–Trinajstić information content (AvgIpc) is 2.77. The first kappa shape index (κ1) is 21.5. The second-order valence-corrected chi connectivity index (χ2v) is 8.59. The number of amides is 1. The summed E-state index contributed by atoms with van der Waals surface area (Å²) >= 11 is 0. The molecule has 8 nitrogen and oxygen atoms in total. The van der Waals surface area contributed by atoms with Gasteiger partial charge in [-0.2, -0.15) is 0 Å². The molecule has 2 heterocycles. The van der Waals surface area contributed by atoms with Gasteiger partial charge in [-0.15, -0.1) is 0 Å². The molecule has 1 atom stereocenters. The van der Waals surface area contributed by atoms with E-state index in [2.05, 4.69) is 10.3 Å². The number of sulfonamides is 1. The molecular formula is C21H23N3O5S.